The van der Waals surface area contributed by atoms with Crippen molar-refractivity contribution >= 4 is 11.6 Å². The van der Waals surface area contributed by atoms with Crippen LogP contribution in [0.25, 0.3) is 0 Å². The Labute approximate surface area is 87.7 Å². The molecule has 0 spiro atoms. The molecule has 1 heterocycles. The maximum atomic E-state index is 11.6. The normalized spacial score (nSPS) is 9.93. The van der Waals surface area contributed by atoms with Crippen LogP contribution >= 0.6 is 0 Å². The molecule has 0 atom stereocenters. The first kappa shape index (κ1) is 9.52. The summed E-state index contributed by atoms with van der Waals surface area (Å²) in [5.74, 6) is -0.160. The lowest BCUT2D eigenvalue weighted by atomic mass is 10.2. The van der Waals surface area contributed by atoms with E-state index in [-0.39, 0.29) is 5.91 Å². The fraction of sp³-hybridized carbons (Fsp3) is 0.0833. The number of carbonyl (C=O) groups excluding carboxylic acids is 1. The summed E-state index contributed by atoms with van der Waals surface area (Å²) in [6, 6.07) is 9.26. The summed E-state index contributed by atoms with van der Waals surface area (Å²) in [5.41, 5.74) is 2.47. The van der Waals surface area contributed by atoms with Crippen molar-refractivity contribution in [2.45, 2.75) is 6.92 Å². The van der Waals surface area contributed by atoms with Crippen LogP contribution in [0.2, 0.25) is 0 Å². The Morgan fingerprint density at radius 1 is 1.20 bits per heavy atom. The Kier molecular flexibility index (Phi) is 2.54. The van der Waals surface area contributed by atoms with Gasteiger partial charge in [-0.25, -0.2) is 0 Å². The zero-order valence-corrected chi connectivity index (χ0v) is 8.36. The van der Waals surface area contributed by atoms with E-state index in [2.05, 4.69) is 5.32 Å². The molecule has 0 saturated heterocycles. The second-order valence-corrected chi connectivity index (χ2v) is 3.33. The fourth-order valence-electron chi connectivity index (χ4n) is 1.23. The lowest BCUT2D eigenvalue weighted by Crippen LogP contribution is -2.10. The van der Waals surface area contributed by atoms with Crippen molar-refractivity contribution in [2.24, 2.45) is 0 Å². The summed E-state index contributed by atoms with van der Waals surface area (Å²) in [6.45, 7) is 2.00. The van der Waals surface area contributed by atoms with Crippen LogP contribution in [0.1, 0.15) is 15.9 Å². The zero-order valence-electron chi connectivity index (χ0n) is 8.36. The zero-order chi connectivity index (χ0) is 10.7. The van der Waals surface area contributed by atoms with Crippen LogP contribution in [-0.2, 0) is 0 Å². The van der Waals surface area contributed by atoms with E-state index in [1.807, 2.05) is 31.2 Å². The maximum absolute atomic E-state index is 11.6. The number of aryl methyl sites for hydroxylation is 1. The molecule has 0 bridgehead atoms. The number of hydrogen-bond acceptors (Lipinski definition) is 2. The second kappa shape index (κ2) is 4.00. The summed E-state index contributed by atoms with van der Waals surface area (Å²) >= 11 is 0. The van der Waals surface area contributed by atoms with Crippen LogP contribution in [0, 0.1) is 6.92 Å². The van der Waals surface area contributed by atoms with Crippen LogP contribution < -0.4 is 5.32 Å². The van der Waals surface area contributed by atoms with Gasteiger partial charge >= 0.3 is 0 Å². The van der Waals surface area contributed by atoms with Gasteiger partial charge in [0.25, 0.3) is 5.91 Å². The first-order chi connectivity index (χ1) is 7.25. The Morgan fingerprint density at radius 2 is 1.93 bits per heavy atom. The second-order valence-electron chi connectivity index (χ2n) is 3.33. The van der Waals surface area contributed by atoms with Gasteiger partial charge < -0.3 is 9.73 Å². The van der Waals surface area contributed by atoms with E-state index in [0.717, 1.165) is 11.3 Å². The largest absolute Gasteiger partial charge is 0.472 e. The van der Waals surface area contributed by atoms with Crippen molar-refractivity contribution in [3.05, 3.63) is 54.0 Å². The molecule has 0 aliphatic heterocycles. The molecule has 15 heavy (non-hydrogen) atoms. The molecule has 0 fully saturated rings. The van der Waals surface area contributed by atoms with Crippen LogP contribution in [0.4, 0.5) is 5.69 Å². The van der Waals surface area contributed by atoms with Crippen molar-refractivity contribution < 1.29 is 9.21 Å². The molecule has 1 amide bonds. The van der Waals surface area contributed by atoms with E-state index in [1.54, 1.807) is 6.07 Å². The fourth-order valence-corrected chi connectivity index (χ4v) is 1.23. The van der Waals surface area contributed by atoms with Gasteiger partial charge in [0, 0.05) is 5.69 Å². The molecule has 0 aliphatic rings. The van der Waals surface area contributed by atoms with Gasteiger partial charge in [-0.3, -0.25) is 4.79 Å². The van der Waals surface area contributed by atoms with E-state index in [9.17, 15) is 4.79 Å². The third-order valence-corrected chi connectivity index (χ3v) is 2.09. The average Bonchev–Trinajstić information content (AvgIpc) is 2.74. The topological polar surface area (TPSA) is 42.2 Å². The molecule has 0 saturated carbocycles. The van der Waals surface area contributed by atoms with Gasteiger partial charge in [0.1, 0.15) is 6.26 Å². The maximum Gasteiger partial charge on any atom is 0.258 e. The number of carbonyl (C=O) groups is 1. The minimum atomic E-state index is -0.160. The predicted octanol–water partition coefficient (Wildman–Crippen LogP) is 2.84. The first-order valence-corrected chi connectivity index (χ1v) is 4.66. The van der Waals surface area contributed by atoms with Crippen molar-refractivity contribution in [1.82, 2.24) is 0 Å². The van der Waals surface area contributed by atoms with E-state index in [0.29, 0.717) is 5.56 Å². The predicted molar refractivity (Wildman–Crippen MR) is 57.8 cm³/mol. The molecule has 2 aromatic rings. The van der Waals surface area contributed by atoms with Crippen molar-refractivity contribution in [1.29, 1.82) is 0 Å². The van der Waals surface area contributed by atoms with Crippen LogP contribution in [0.5, 0.6) is 0 Å². The molecular weight excluding hydrogens is 190 g/mol. The monoisotopic (exact) mass is 201 g/mol. The summed E-state index contributed by atoms with van der Waals surface area (Å²) in [6.07, 6.45) is 2.90. The molecule has 0 aliphatic carbocycles. The minimum Gasteiger partial charge on any atom is -0.472 e. The molecular formula is C12H11NO2. The number of hydrogen-bond donors (Lipinski definition) is 1. The number of furan rings is 1. The van der Waals surface area contributed by atoms with Crippen LogP contribution in [-0.4, -0.2) is 5.91 Å². The number of amides is 1. The van der Waals surface area contributed by atoms with E-state index >= 15 is 0 Å². The first-order valence-electron chi connectivity index (χ1n) is 4.66. The van der Waals surface area contributed by atoms with Gasteiger partial charge in [-0.2, -0.15) is 0 Å². The molecule has 1 aromatic carbocycles. The van der Waals surface area contributed by atoms with E-state index in [1.165, 1.54) is 12.5 Å². The smallest absolute Gasteiger partial charge is 0.258 e. The molecule has 0 radical (unpaired) electrons. The molecule has 0 unspecified atom stereocenters. The SMILES string of the molecule is Cc1ccc(NC(=O)c2ccoc2)cc1. The van der Waals surface area contributed by atoms with E-state index < -0.39 is 0 Å². The van der Waals surface area contributed by atoms with Crippen molar-refractivity contribution in [3.63, 3.8) is 0 Å². The van der Waals surface area contributed by atoms with E-state index in [4.69, 9.17) is 4.42 Å². The molecule has 76 valence electrons. The third-order valence-electron chi connectivity index (χ3n) is 2.09. The average molecular weight is 201 g/mol. The Balaban J connectivity index is 2.09. The Bertz CT molecular complexity index is 443. The molecule has 1 aromatic heterocycles. The third kappa shape index (κ3) is 2.26. The van der Waals surface area contributed by atoms with Crippen LogP contribution in [0.15, 0.2) is 47.3 Å². The van der Waals surface area contributed by atoms with Gasteiger partial charge in [0.15, 0.2) is 0 Å². The Morgan fingerprint density at radius 3 is 2.53 bits per heavy atom. The molecule has 2 rings (SSSR count). The van der Waals surface area contributed by atoms with Crippen molar-refractivity contribution in [2.75, 3.05) is 5.32 Å². The highest BCUT2D eigenvalue weighted by molar-refractivity contribution is 6.03. The van der Waals surface area contributed by atoms with Crippen molar-refractivity contribution in [3.8, 4) is 0 Å². The number of benzene rings is 1. The highest BCUT2D eigenvalue weighted by Crippen LogP contribution is 2.10. The summed E-state index contributed by atoms with van der Waals surface area (Å²) in [7, 11) is 0. The summed E-state index contributed by atoms with van der Waals surface area (Å²) in [5, 5.41) is 2.77. The van der Waals surface area contributed by atoms with Gasteiger partial charge in [-0.05, 0) is 25.1 Å². The minimum absolute atomic E-state index is 0.160. The van der Waals surface area contributed by atoms with Crippen LogP contribution in [0.3, 0.4) is 0 Å². The van der Waals surface area contributed by atoms with Gasteiger partial charge in [-0.1, -0.05) is 17.7 Å². The lowest BCUT2D eigenvalue weighted by molar-refractivity contribution is 0.102. The van der Waals surface area contributed by atoms with Gasteiger partial charge in [0.2, 0.25) is 0 Å². The summed E-state index contributed by atoms with van der Waals surface area (Å²) in [4.78, 5) is 11.6. The molecule has 1 N–H and O–H groups in total. The molecule has 3 heteroatoms. The summed E-state index contributed by atoms with van der Waals surface area (Å²) < 4.78 is 4.83. The Hall–Kier alpha value is -2.03. The number of anilines is 1. The standard InChI is InChI=1S/C12H11NO2/c1-9-2-4-11(5-3-9)13-12(14)10-6-7-15-8-10/h2-8H,1H3,(H,13,14). The van der Waals surface area contributed by atoms with Gasteiger partial charge in [0.05, 0.1) is 11.8 Å². The number of nitrogens with one attached hydrogen (secondary N) is 1. The van der Waals surface area contributed by atoms with Gasteiger partial charge in [-0.15, -0.1) is 0 Å². The quantitative estimate of drug-likeness (QED) is 0.811. The lowest BCUT2D eigenvalue weighted by Gasteiger charge is -2.03. The highest BCUT2D eigenvalue weighted by atomic mass is 16.3. The molecule has 3 nitrogen and oxygen atoms in total. The number of rotatable bonds is 2. The highest BCUT2D eigenvalue weighted by Gasteiger charge is 2.06.